The summed E-state index contributed by atoms with van der Waals surface area (Å²) in [4.78, 5) is 32.4. The molecule has 9 nitrogen and oxygen atoms in total. The van der Waals surface area contributed by atoms with E-state index >= 15 is 0 Å². The summed E-state index contributed by atoms with van der Waals surface area (Å²) in [6.07, 6.45) is 1.64. The SMILES string of the molecule is Cc1csc(CN(C)C(=O)c2cccc(-c3nnc([C@@]4(OC(=O)NC(C)(C)C)CCC[C@@H]4c4ccccc4)o3)c2)n1. The Labute approximate surface area is 244 Å². The zero-order valence-electron chi connectivity index (χ0n) is 24.0. The highest BCUT2D eigenvalue weighted by atomic mass is 32.1. The van der Waals surface area contributed by atoms with Crippen molar-refractivity contribution in [1.82, 2.24) is 25.4 Å². The lowest BCUT2D eigenvalue weighted by Crippen LogP contribution is -2.46. The van der Waals surface area contributed by atoms with E-state index in [2.05, 4.69) is 20.5 Å². The molecule has 2 amide bonds. The summed E-state index contributed by atoms with van der Waals surface area (Å²) in [6, 6.07) is 17.1. The van der Waals surface area contributed by atoms with Crippen molar-refractivity contribution in [3.63, 3.8) is 0 Å². The number of thiazole rings is 1. The number of ether oxygens (including phenoxy) is 1. The molecule has 0 saturated heterocycles. The highest BCUT2D eigenvalue weighted by Gasteiger charge is 2.53. The van der Waals surface area contributed by atoms with E-state index in [-0.39, 0.29) is 23.6 Å². The molecule has 10 heteroatoms. The van der Waals surface area contributed by atoms with E-state index in [4.69, 9.17) is 9.15 Å². The minimum Gasteiger partial charge on any atom is -0.432 e. The van der Waals surface area contributed by atoms with Gasteiger partial charge in [-0.05, 0) is 70.7 Å². The maximum absolute atomic E-state index is 13.2. The lowest BCUT2D eigenvalue weighted by Gasteiger charge is -2.33. The summed E-state index contributed by atoms with van der Waals surface area (Å²) in [6.45, 7) is 8.06. The number of amides is 2. The lowest BCUT2D eigenvalue weighted by molar-refractivity contribution is -0.0239. The Morgan fingerprint density at radius 3 is 2.63 bits per heavy atom. The molecule has 2 atom stereocenters. The third kappa shape index (κ3) is 6.32. The largest absolute Gasteiger partial charge is 0.432 e. The van der Waals surface area contributed by atoms with E-state index in [1.165, 1.54) is 11.3 Å². The van der Waals surface area contributed by atoms with Crippen molar-refractivity contribution in [2.75, 3.05) is 7.05 Å². The van der Waals surface area contributed by atoms with Gasteiger partial charge in [0.1, 0.15) is 5.01 Å². The fourth-order valence-electron chi connectivity index (χ4n) is 5.28. The molecule has 4 aromatic rings. The highest BCUT2D eigenvalue weighted by Crippen LogP contribution is 2.52. The molecule has 5 rings (SSSR count). The predicted molar refractivity (Wildman–Crippen MR) is 156 cm³/mol. The smallest absolute Gasteiger partial charge is 0.408 e. The molecule has 2 aromatic heterocycles. The minimum atomic E-state index is -1.12. The first kappa shape index (κ1) is 28.5. The van der Waals surface area contributed by atoms with Crippen LogP contribution in [0.3, 0.4) is 0 Å². The molecular weight excluding hydrogens is 538 g/mol. The van der Waals surface area contributed by atoms with Gasteiger partial charge in [0.05, 0.1) is 6.54 Å². The first-order valence-corrected chi connectivity index (χ1v) is 14.6. The Morgan fingerprint density at radius 2 is 1.93 bits per heavy atom. The van der Waals surface area contributed by atoms with Crippen LogP contribution in [0, 0.1) is 6.92 Å². The Hall–Kier alpha value is -4.05. The molecule has 1 N–H and O–H groups in total. The van der Waals surface area contributed by atoms with Crippen LogP contribution in [0.1, 0.15) is 78.5 Å². The van der Waals surface area contributed by atoms with Gasteiger partial charge in [-0.3, -0.25) is 4.79 Å². The number of rotatable bonds is 7. The Morgan fingerprint density at radius 1 is 1.15 bits per heavy atom. The average Bonchev–Trinajstić information content (AvgIpc) is 3.68. The Bertz CT molecular complexity index is 1530. The van der Waals surface area contributed by atoms with E-state index in [0.717, 1.165) is 29.1 Å². The summed E-state index contributed by atoms with van der Waals surface area (Å²) in [5.74, 6) is 0.207. The summed E-state index contributed by atoms with van der Waals surface area (Å²) in [5, 5.41) is 14.5. The number of aromatic nitrogens is 3. The molecule has 1 aliphatic carbocycles. The van der Waals surface area contributed by atoms with Crippen LogP contribution in [-0.4, -0.2) is 44.7 Å². The first-order chi connectivity index (χ1) is 19.5. The van der Waals surface area contributed by atoms with E-state index in [1.54, 1.807) is 30.1 Å². The third-order valence-electron chi connectivity index (χ3n) is 7.09. The van der Waals surface area contributed by atoms with Crippen LogP contribution in [-0.2, 0) is 16.9 Å². The monoisotopic (exact) mass is 573 g/mol. The highest BCUT2D eigenvalue weighted by molar-refractivity contribution is 7.09. The van der Waals surface area contributed by atoms with E-state index in [9.17, 15) is 9.59 Å². The normalized spacial score (nSPS) is 18.7. The number of benzene rings is 2. The summed E-state index contributed by atoms with van der Waals surface area (Å²) >= 11 is 1.53. The topological polar surface area (TPSA) is 110 Å². The number of carbonyl (C=O) groups is 2. The number of hydrogen-bond donors (Lipinski definition) is 1. The standard InChI is InChI=1S/C31H35N5O4S/c1-20-19-41-25(32-20)18-36(5)27(37)23-14-9-13-22(17-23)26-34-35-28(39-26)31(40-29(38)33-30(2,3)4)16-10-15-24(31)21-11-7-6-8-12-21/h6-9,11-14,17,19,24H,10,15-16,18H2,1-5H3,(H,33,38)/t24-,31-/m1/s1. The second-order valence-electron chi connectivity index (χ2n) is 11.5. The van der Waals surface area contributed by atoms with Crippen molar-refractivity contribution < 1.29 is 18.7 Å². The quantitative estimate of drug-likeness (QED) is 0.270. The van der Waals surface area contributed by atoms with Gasteiger partial charge in [-0.2, -0.15) is 0 Å². The summed E-state index contributed by atoms with van der Waals surface area (Å²) in [7, 11) is 1.75. The molecule has 0 unspecified atom stereocenters. The van der Waals surface area contributed by atoms with Crippen molar-refractivity contribution in [3.8, 4) is 11.5 Å². The molecule has 0 spiro atoms. The molecule has 1 saturated carbocycles. The number of aryl methyl sites for hydroxylation is 1. The zero-order chi connectivity index (χ0) is 29.2. The molecule has 0 radical (unpaired) electrons. The molecule has 1 aliphatic rings. The predicted octanol–water partition coefficient (Wildman–Crippen LogP) is 6.46. The van der Waals surface area contributed by atoms with Crippen LogP contribution in [0.4, 0.5) is 4.79 Å². The molecule has 0 aliphatic heterocycles. The van der Waals surface area contributed by atoms with Crippen molar-refractivity contribution in [2.45, 2.75) is 70.6 Å². The van der Waals surface area contributed by atoms with Gasteiger partial charge in [-0.1, -0.05) is 36.4 Å². The van der Waals surface area contributed by atoms with Crippen LogP contribution >= 0.6 is 11.3 Å². The van der Waals surface area contributed by atoms with Gasteiger partial charge in [0.15, 0.2) is 5.60 Å². The number of alkyl carbamates (subject to hydrolysis) is 1. The number of nitrogens with zero attached hydrogens (tertiary/aromatic N) is 4. The van der Waals surface area contributed by atoms with Crippen molar-refractivity contribution in [2.24, 2.45) is 0 Å². The van der Waals surface area contributed by atoms with E-state index in [1.807, 2.05) is 69.5 Å². The maximum atomic E-state index is 13.2. The number of nitrogens with one attached hydrogen (secondary N) is 1. The van der Waals surface area contributed by atoms with E-state index in [0.29, 0.717) is 24.1 Å². The molecule has 1 fully saturated rings. The van der Waals surface area contributed by atoms with Crippen LogP contribution < -0.4 is 5.32 Å². The second-order valence-corrected chi connectivity index (χ2v) is 12.5. The van der Waals surface area contributed by atoms with Gasteiger partial charge < -0.3 is 19.4 Å². The third-order valence-corrected chi connectivity index (χ3v) is 8.04. The van der Waals surface area contributed by atoms with Gasteiger partial charge >= 0.3 is 6.09 Å². The molecular formula is C31H35N5O4S. The van der Waals surface area contributed by atoms with Crippen LogP contribution in [0.15, 0.2) is 64.4 Å². The van der Waals surface area contributed by atoms with Crippen LogP contribution in [0.2, 0.25) is 0 Å². The van der Waals surface area contributed by atoms with Gasteiger partial charge in [0.25, 0.3) is 11.8 Å². The van der Waals surface area contributed by atoms with Crippen LogP contribution in [0.5, 0.6) is 0 Å². The van der Waals surface area contributed by atoms with Gasteiger partial charge in [-0.15, -0.1) is 21.5 Å². The first-order valence-electron chi connectivity index (χ1n) is 13.7. The molecule has 2 heterocycles. The van der Waals surface area contributed by atoms with Crippen molar-refractivity contribution >= 4 is 23.3 Å². The van der Waals surface area contributed by atoms with Gasteiger partial charge in [-0.25, -0.2) is 9.78 Å². The molecule has 41 heavy (non-hydrogen) atoms. The average molecular weight is 574 g/mol. The fraction of sp³-hybridized carbons (Fsp3) is 0.387. The van der Waals surface area contributed by atoms with Gasteiger partial charge in [0, 0.05) is 40.7 Å². The lowest BCUT2D eigenvalue weighted by atomic mass is 9.84. The summed E-state index contributed by atoms with van der Waals surface area (Å²) in [5.41, 5.74) is 1.49. The number of hydrogen-bond acceptors (Lipinski definition) is 8. The van der Waals surface area contributed by atoms with Crippen molar-refractivity contribution in [3.05, 3.63) is 87.7 Å². The summed E-state index contributed by atoms with van der Waals surface area (Å²) < 4.78 is 12.5. The minimum absolute atomic E-state index is 0.141. The Balaban J connectivity index is 1.44. The fourth-order valence-corrected chi connectivity index (χ4v) is 6.11. The zero-order valence-corrected chi connectivity index (χ0v) is 24.8. The Kier molecular flexibility index (Phi) is 7.95. The second kappa shape index (κ2) is 11.4. The number of carbonyl (C=O) groups excluding carboxylic acids is 2. The van der Waals surface area contributed by atoms with Crippen LogP contribution in [0.25, 0.3) is 11.5 Å². The maximum Gasteiger partial charge on any atom is 0.408 e. The molecule has 2 aromatic carbocycles. The molecule has 0 bridgehead atoms. The molecule has 214 valence electrons. The van der Waals surface area contributed by atoms with Crippen molar-refractivity contribution in [1.29, 1.82) is 0 Å². The van der Waals surface area contributed by atoms with E-state index < -0.39 is 17.2 Å². The van der Waals surface area contributed by atoms with Gasteiger partial charge in [0.2, 0.25) is 5.89 Å².